The maximum Gasteiger partial charge on any atom is 0.433 e. The molecule has 1 aromatic carbocycles. The van der Waals surface area contributed by atoms with E-state index in [-0.39, 0.29) is 5.88 Å². The Kier molecular flexibility index (Phi) is 4.15. The summed E-state index contributed by atoms with van der Waals surface area (Å²) in [6.45, 7) is 0. The lowest BCUT2D eigenvalue weighted by atomic mass is 10.2. The van der Waals surface area contributed by atoms with Crippen molar-refractivity contribution in [3.63, 3.8) is 0 Å². The van der Waals surface area contributed by atoms with Crippen LogP contribution in [0.1, 0.15) is 5.76 Å². The van der Waals surface area contributed by atoms with Gasteiger partial charge < -0.3 is 4.42 Å². The minimum Gasteiger partial charge on any atom is -0.400 e. The molecule has 0 bridgehead atoms. The number of rotatable bonds is 4. The zero-order valence-corrected chi connectivity index (χ0v) is 12.9. The smallest absolute Gasteiger partial charge is 0.400 e. The molecule has 2 aromatic heterocycles. The molecule has 0 unspecified atom stereocenters. The predicted octanol–water partition coefficient (Wildman–Crippen LogP) is 3.13. The fourth-order valence-electron chi connectivity index (χ4n) is 1.99. The van der Waals surface area contributed by atoms with Crippen LogP contribution in [0.4, 0.5) is 5.88 Å². The van der Waals surface area contributed by atoms with Gasteiger partial charge in [-0.3, -0.25) is 15.1 Å². The second-order valence-corrected chi connectivity index (χ2v) is 5.32. The number of nitro groups is 1. The van der Waals surface area contributed by atoms with E-state index in [1.54, 1.807) is 11.7 Å². The second kappa shape index (κ2) is 6.41. The highest BCUT2D eigenvalue weighted by atomic mass is 32.1. The summed E-state index contributed by atoms with van der Waals surface area (Å²) in [5.41, 5.74) is 1.88. The molecular formula is C15H12N4O3S. The van der Waals surface area contributed by atoms with Gasteiger partial charge in [-0.2, -0.15) is 5.10 Å². The highest BCUT2D eigenvalue weighted by Gasteiger charge is 2.11. The fraction of sp³-hybridized carbons (Fsp3) is 0.0667. The lowest BCUT2D eigenvalue weighted by molar-refractivity contribution is -0.402. The molecular weight excluding hydrogens is 316 g/mol. The van der Waals surface area contributed by atoms with E-state index in [9.17, 15) is 10.1 Å². The van der Waals surface area contributed by atoms with Crippen molar-refractivity contribution in [2.24, 2.45) is 10.1 Å². The Morgan fingerprint density at radius 2 is 2.04 bits per heavy atom. The van der Waals surface area contributed by atoms with E-state index < -0.39 is 4.92 Å². The zero-order valence-electron chi connectivity index (χ0n) is 12.1. The van der Waals surface area contributed by atoms with Gasteiger partial charge in [0.2, 0.25) is 4.80 Å². The van der Waals surface area contributed by atoms with Crippen molar-refractivity contribution in [3.8, 4) is 11.3 Å². The van der Waals surface area contributed by atoms with Crippen molar-refractivity contribution in [2.75, 3.05) is 7.05 Å². The summed E-state index contributed by atoms with van der Waals surface area (Å²) in [4.78, 5) is 15.0. The number of aromatic nitrogens is 1. The lowest BCUT2D eigenvalue weighted by Crippen LogP contribution is -2.11. The SMILES string of the molecule is CN=c1scc(-c2ccccc2)n1/N=C\c1ccc([N+](=O)[O-])o1. The molecule has 0 radical (unpaired) electrons. The molecule has 0 atom stereocenters. The Labute approximate surface area is 135 Å². The van der Waals surface area contributed by atoms with E-state index in [1.165, 1.54) is 29.7 Å². The topological polar surface area (TPSA) is 85.9 Å². The molecule has 0 fully saturated rings. The number of thiazole rings is 1. The van der Waals surface area contributed by atoms with E-state index in [2.05, 4.69) is 10.1 Å². The third-order valence-electron chi connectivity index (χ3n) is 3.04. The molecule has 0 spiro atoms. The molecule has 0 saturated carbocycles. The molecule has 0 aliphatic rings. The number of furan rings is 1. The Balaban J connectivity index is 2.00. The third kappa shape index (κ3) is 3.11. The summed E-state index contributed by atoms with van der Waals surface area (Å²) < 4.78 is 6.75. The lowest BCUT2D eigenvalue weighted by Gasteiger charge is -2.02. The average Bonchev–Trinajstić information content (AvgIpc) is 3.20. The molecule has 116 valence electrons. The second-order valence-electron chi connectivity index (χ2n) is 4.48. The van der Waals surface area contributed by atoms with Crippen LogP contribution in [-0.4, -0.2) is 22.9 Å². The van der Waals surface area contributed by atoms with Crippen molar-refractivity contribution < 1.29 is 9.34 Å². The molecule has 3 aromatic rings. The van der Waals surface area contributed by atoms with Crippen LogP contribution < -0.4 is 4.80 Å². The molecule has 0 saturated heterocycles. The Bertz CT molecular complexity index is 922. The molecule has 0 amide bonds. The average molecular weight is 328 g/mol. The fourth-order valence-corrected chi connectivity index (χ4v) is 2.80. The van der Waals surface area contributed by atoms with Gasteiger partial charge in [-0.15, -0.1) is 11.3 Å². The van der Waals surface area contributed by atoms with E-state index >= 15 is 0 Å². The number of nitrogens with zero attached hydrogens (tertiary/aromatic N) is 4. The molecule has 0 aliphatic carbocycles. The first kappa shape index (κ1) is 14.9. The summed E-state index contributed by atoms with van der Waals surface area (Å²) >= 11 is 1.46. The van der Waals surface area contributed by atoms with E-state index in [0.717, 1.165) is 11.3 Å². The molecule has 7 nitrogen and oxygen atoms in total. The largest absolute Gasteiger partial charge is 0.433 e. The van der Waals surface area contributed by atoms with Crippen LogP contribution >= 0.6 is 11.3 Å². The van der Waals surface area contributed by atoms with E-state index in [0.29, 0.717) is 10.6 Å². The highest BCUT2D eigenvalue weighted by Crippen LogP contribution is 2.20. The molecule has 0 aliphatic heterocycles. The zero-order chi connectivity index (χ0) is 16.2. The van der Waals surface area contributed by atoms with Crippen LogP contribution in [0.3, 0.4) is 0 Å². The molecule has 8 heteroatoms. The quantitative estimate of drug-likeness (QED) is 0.419. The maximum absolute atomic E-state index is 10.6. The van der Waals surface area contributed by atoms with Crippen molar-refractivity contribution >= 4 is 23.4 Å². The van der Waals surface area contributed by atoms with Gasteiger partial charge in [-0.25, -0.2) is 4.68 Å². The minimum atomic E-state index is -0.586. The van der Waals surface area contributed by atoms with Crippen LogP contribution in [-0.2, 0) is 0 Å². The first-order chi connectivity index (χ1) is 11.2. The monoisotopic (exact) mass is 328 g/mol. The van der Waals surface area contributed by atoms with E-state index in [4.69, 9.17) is 4.42 Å². The van der Waals surface area contributed by atoms with Crippen molar-refractivity contribution in [3.05, 3.63) is 68.5 Å². The Hall–Kier alpha value is -3.00. The van der Waals surface area contributed by atoms with Gasteiger partial charge in [-0.05, 0) is 6.07 Å². The van der Waals surface area contributed by atoms with Gasteiger partial charge in [0.1, 0.15) is 4.92 Å². The highest BCUT2D eigenvalue weighted by molar-refractivity contribution is 7.07. The minimum absolute atomic E-state index is 0.302. The van der Waals surface area contributed by atoms with Crippen LogP contribution in [0.15, 0.2) is 62.4 Å². The summed E-state index contributed by atoms with van der Waals surface area (Å²) in [6, 6.07) is 12.6. The van der Waals surface area contributed by atoms with Gasteiger partial charge in [0.15, 0.2) is 5.76 Å². The van der Waals surface area contributed by atoms with Crippen LogP contribution in [0.25, 0.3) is 11.3 Å². The van der Waals surface area contributed by atoms with Gasteiger partial charge in [0.25, 0.3) is 0 Å². The predicted molar refractivity (Wildman–Crippen MR) is 87.6 cm³/mol. The van der Waals surface area contributed by atoms with Gasteiger partial charge in [0, 0.05) is 18.0 Å². The van der Waals surface area contributed by atoms with Crippen LogP contribution in [0, 0.1) is 10.1 Å². The maximum atomic E-state index is 10.6. The van der Waals surface area contributed by atoms with Crippen LogP contribution in [0.5, 0.6) is 0 Å². The van der Waals surface area contributed by atoms with Gasteiger partial charge >= 0.3 is 5.88 Å². The summed E-state index contributed by atoms with van der Waals surface area (Å²) in [6.07, 6.45) is 1.43. The normalized spacial score (nSPS) is 12.1. The van der Waals surface area contributed by atoms with E-state index in [1.807, 2.05) is 35.7 Å². The number of hydrogen-bond donors (Lipinski definition) is 0. The van der Waals surface area contributed by atoms with Crippen molar-refractivity contribution in [1.82, 2.24) is 4.68 Å². The van der Waals surface area contributed by atoms with Gasteiger partial charge in [0.05, 0.1) is 18.0 Å². The summed E-state index contributed by atoms with van der Waals surface area (Å²) in [7, 11) is 1.68. The van der Waals surface area contributed by atoms with Crippen molar-refractivity contribution in [2.45, 2.75) is 0 Å². The number of benzene rings is 1. The molecule has 0 N–H and O–H groups in total. The summed E-state index contributed by atoms with van der Waals surface area (Å²) in [5, 5.41) is 16.9. The van der Waals surface area contributed by atoms with Crippen molar-refractivity contribution in [1.29, 1.82) is 0 Å². The van der Waals surface area contributed by atoms with Gasteiger partial charge in [-0.1, -0.05) is 30.3 Å². The third-order valence-corrected chi connectivity index (χ3v) is 3.95. The molecule has 2 heterocycles. The molecule has 3 rings (SSSR count). The Morgan fingerprint density at radius 1 is 1.26 bits per heavy atom. The molecule has 23 heavy (non-hydrogen) atoms. The van der Waals surface area contributed by atoms with Crippen LogP contribution in [0.2, 0.25) is 0 Å². The first-order valence-electron chi connectivity index (χ1n) is 6.66. The summed E-state index contributed by atoms with van der Waals surface area (Å²) in [5.74, 6) is -0.0121. The standard InChI is InChI=1S/C15H12N4O3S/c1-16-15-18(13(10-23-15)11-5-3-2-4-6-11)17-9-12-7-8-14(22-12)19(20)21/h2-10H,1H3/b16-15?,17-9-. The first-order valence-corrected chi connectivity index (χ1v) is 7.54. The Morgan fingerprint density at radius 3 is 2.70 bits per heavy atom. The number of hydrogen-bond acceptors (Lipinski definition) is 6.